The number of nitrogens with one attached hydrogen (secondary N) is 2. The summed E-state index contributed by atoms with van der Waals surface area (Å²) >= 11 is 0. The molecule has 0 saturated heterocycles. The number of carbonyl (C=O) groups is 2. The molecule has 5 nitrogen and oxygen atoms in total. The summed E-state index contributed by atoms with van der Waals surface area (Å²) in [5.74, 6) is -0.883. The van der Waals surface area contributed by atoms with Gasteiger partial charge in [0.1, 0.15) is 5.82 Å². The molecule has 0 bridgehead atoms. The Morgan fingerprint density at radius 3 is 2.70 bits per heavy atom. The van der Waals surface area contributed by atoms with Crippen LogP contribution >= 0.6 is 0 Å². The van der Waals surface area contributed by atoms with Crippen molar-refractivity contribution in [3.05, 3.63) is 35.6 Å². The van der Waals surface area contributed by atoms with Gasteiger partial charge in [-0.2, -0.15) is 0 Å². The summed E-state index contributed by atoms with van der Waals surface area (Å²) in [6, 6.07) is 5.79. The highest BCUT2D eigenvalue weighted by Gasteiger charge is 2.27. The van der Waals surface area contributed by atoms with E-state index in [0.717, 1.165) is 31.2 Å². The zero-order valence-corrected chi connectivity index (χ0v) is 13.1. The van der Waals surface area contributed by atoms with Crippen LogP contribution in [0.25, 0.3) is 0 Å². The Balaban J connectivity index is 1.94. The Morgan fingerprint density at radius 2 is 2.04 bits per heavy atom. The molecule has 1 aliphatic rings. The van der Waals surface area contributed by atoms with E-state index < -0.39 is 5.97 Å². The van der Waals surface area contributed by atoms with Crippen molar-refractivity contribution in [2.75, 3.05) is 6.54 Å². The number of carbonyl (C=O) groups excluding carboxylic acids is 1. The molecule has 0 spiro atoms. The largest absolute Gasteiger partial charge is 0.481 e. The van der Waals surface area contributed by atoms with Crippen LogP contribution in [0.2, 0.25) is 0 Å². The van der Waals surface area contributed by atoms with E-state index >= 15 is 0 Å². The third kappa shape index (κ3) is 5.54. The van der Waals surface area contributed by atoms with Gasteiger partial charge in [-0.3, -0.25) is 4.79 Å². The highest BCUT2D eigenvalue weighted by Crippen LogP contribution is 2.35. The third-order valence-electron chi connectivity index (χ3n) is 4.22. The zero-order chi connectivity index (χ0) is 16.7. The number of hydrogen-bond acceptors (Lipinski definition) is 2. The van der Waals surface area contributed by atoms with Crippen LogP contribution in [0.5, 0.6) is 0 Å². The first-order valence-electron chi connectivity index (χ1n) is 8.08. The quantitative estimate of drug-likeness (QED) is 0.674. The van der Waals surface area contributed by atoms with Crippen LogP contribution in [0, 0.1) is 11.7 Å². The molecule has 2 amide bonds. The number of carboxylic acids is 1. The number of amides is 2. The number of halogens is 1. The minimum absolute atomic E-state index is 0.0240. The van der Waals surface area contributed by atoms with Crippen LogP contribution in [-0.4, -0.2) is 23.7 Å². The molecule has 3 N–H and O–H groups in total. The first kappa shape index (κ1) is 17.2. The van der Waals surface area contributed by atoms with E-state index in [1.165, 1.54) is 12.1 Å². The van der Waals surface area contributed by atoms with E-state index in [4.69, 9.17) is 5.11 Å². The van der Waals surface area contributed by atoms with E-state index in [2.05, 4.69) is 10.6 Å². The molecule has 0 radical (unpaired) electrons. The molecule has 1 saturated carbocycles. The first-order chi connectivity index (χ1) is 11.1. The third-order valence-corrected chi connectivity index (χ3v) is 4.22. The van der Waals surface area contributed by atoms with Crippen LogP contribution in [0.15, 0.2) is 24.3 Å². The summed E-state index contributed by atoms with van der Waals surface area (Å²) in [6.07, 6.45) is 4.69. The number of aliphatic carboxylic acids is 1. The SMILES string of the molecule is O=C(O)CCCNC(=O)NC(c1cccc(F)c1)C1CCCC1. The van der Waals surface area contributed by atoms with E-state index in [1.54, 1.807) is 6.07 Å². The number of urea groups is 1. The molecule has 0 aliphatic heterocycles. The Hall–Kier alpha value is -2.11. The van der Waals surface area contributed by atoms with Crippen LogP contribution < -0.4 is 10.6 Å². The van der Waals surface area contributed by atoms with Crippen molar-refractivity contribution in [3.63, 3.8) is 0 Å². The Bertz CT molecular complexity index is 544. The van der Waals surface area contributed by atoms with E-state index in [1.807, 2.05) is 6.07 Å². The van der Waals surface area contributed by atoms with E-state index in [-0.39, 0.29) is 24.3 Å². The van der Waals surface area contributed by atoms with Crippen molar-refractivity contribution in [2.45, 2.75) is 44.6 Å². The molecule has 1 unspecified atom stereocenters. The molecule has 1 atom stereocenters. The second-order valence-corrected chi connectivity index (χ2v) is 5.97. The standard InChI is InChI=1S/C17H23FN2O3/c18-14-8-3-7-13(11-14)16(12-5-1-2-6-12)20-17(23)19-10-4-9-15(21)22/h3,7-8,11-12,16H,1-2,4-6,9-10H2,(H,21,22)(H2,19,20,23). The van der Waals surface area contributed by atoms with Gasteiger partial charge in [-0.15, -0.1) is 0 Å². The van der Waals surface area contributed by atoms with Crippen LogP contribution in [-0.2, 0) is 4.79 Å². The Labute approximate surface area is 135 Å². The zero-order valence-electron chi connectivity index (χ0n) is 13.1. The lowest BCUT2D eigenvalue weighted by atomic mass is 9.91. The van der Waals surface area contributed by atoms with E-state index in [9.17, 15) is 14.0 Å². The fraction of sp³-hybridized carbons (Fsp3) is 0.529. The predicted octanol–water partition coefficient (Wildman–Crippen LogP) is 3.22. The van der Waals surface area contributed by atoms with Crippen LogP contribution in [0.1, 0.15) is 50.1 Å². The van der Waals surface area contributed by atoms with Crippen molar-refractivity contribution in [1.29, 1.82) is 0 Å². The van der Waals surface area contributed by atoms with Gasteiger partial charge < -0.3 is 15.7 Å². The second kappa shape index (κ2) is 8.50. The molecular formula is C17H23FN2O3. The fourth-order valence-corrected chi connectivity index (χ4v) is 3.10. The normalized spacial score (nSPS) is 16.0. The van der Waals surface area contributed by atoms with Gasteiger partial charge in [0.15, 0.2) is 0 Å². The van der Waals surface area contributed by atoms with Crippen molar-refractivity contribution >= 4 is 12.0 Å². The van der Waals surface area contributed by atoms with E-state index in [0.29, 0.717) is 18.9 Å². The molecule has 6 heteroatoms. The highest BCUT2D eigenvalue weighted by molar-refractivity contribution is 5.74. The minimum Gasteiger partial charge on any atom is -0.481 e. The Morgan fingerprint density at radius 1 is 1.30 bits per heavy atom. The Kier molecular flexibility index (Phi) is 6.38. The van der Waals surface area contributed by atoms with Gasteiger partial charge in [0, 0.05) is 13.0 Å². The second-order valence-electron chi connectivity index (χ2n) is 5.97. The summed E-state index contributed by atoms with van der Waals surface area (Å²) in [5, 5.41) is 14.2. The minimum atomic E-state index is -0.879. The summed E-state index contributed by atoms with van der Waals surface area (Å²) in [6.45, 7) is 0.304. The number of carboxylic acid groups (broad SMARTS) is 1. The maximum atomic E-state index is 13.5. The molecule has 1 aromatic carbocycles. The molecular weight excluding hydrogens is 299 g/mol. The van der Waals surface area contributed by atoms with Gasteiger partial charge in [-0.1, -0.05) is 25.0 Å². The summed E-state index contributed by atoms with van der Waals surface area (Å²) < 4.78 is 13.5. The summed E-state index contributed by atoms with van der Waals surface area (Å²) in [5.41, 5.74) is 0.776. The lowest BCUT2D eigenvalue weighted by Gasteiger charge is -2.25. The molecule has 126 valence electrons. The van der Waals surface area contributed by atoms with Gasteiger partial charge in [0.05, 0.1) is 6.04 Å². The molecule has 0 aromatic heterocycles. The maximum Gasteiger partial charge on any atom is 0.315 e. The van der Waals surface area contributed by atoms with Gasteiger partial charge in [0.25, 0.3) is 0 Å². The average molecular weight is 322 g/mol. The molecule has 1 fully saturated rings. The smallest absolute Gasteiger partial charge is 0.315 e. The first-order valence-corrected chi connectivity index (χ1v) is 8.08. The van der Waals surface area contributed by atoms with Crippen molar-refractivity contribution in [2.24, 2.45) is 5.92 Å². The maximum absolute atomic E-state index is 13.5. The molecule has 1 aromatic rings. The van der Waals surface area contributed by atoms with Gasteiger partial charge >= 0.3 is 12.0 Å². The van der Waals surface area contributed by atoms with Crippen molar-refractivity contribution < 1.29 is 19.1 Å². The lowest BCUT2D eigenvalue weighted by molar-refractivity contribution is -0.137. The number of rotatable bonds is 7. The molecule has 0 heterocycles. The van der Waals surface area contributed by atoms with Crippen LogP contribution in [0.4, 0.5) is 9.18 Å². The van der Waals surface area contributed by atoms with Gasteiger partial charge in [0.2, 0.25) is 0 Å². The fourth-order valence-electron chi connectivity index (χ4n) is 3.10. The topological polar surface area (TPSA) is 78.4 Å². The average Bonchev–Trinajstić information content (AvgIpc) is 3.03. The lowest BCUT2D eigenvalue weighted by Crippen LogP contribution is -2.40. The van der Waals surface area contributed by atoms with Crippen LogP contribution in [0.3, 0.4) is 0 Å². The summed E-state index contributed by atoms with van der Waals surface area (Å²) in [7, 11) is 0. The van der Waals surface area contributed by atoms with Gasteiger partial charge in [-0.05, 0) is 42.9 Å². The number of hydrogen-bond donors (Lipinski definition) is 3. The summed E-state index contributed by atoms with van der Waals surface area (Å²) in [4.78, 5) is 22.5. The monoisotopic (exact) mass is 322 g/mol. The molecule has 1 aliphatic carbocycles. The number of benzene rings is 1. The van der Waals surface area contributed by atoms with Gasteiger partial charge in [-0.25, -0.2) is 9.18 Å². The van der Waals surface area contributed by atoms with Crippen molar-refractivity contribution in [3.8, 4) is 0 Å². The molecule has 23 heavy (non-hydrogen) atoms. The highest BCUT2D eigenvalue weighted by atomic mass is 19.1. The predicted molar refractivity (Wildman–Crippen MR) is 84.5 cm³/mol. The van der Waals surface area contributed by atoms with Crippen molar-refractivity contribution in [1.82, 2.24) is 10.6 Å². The molecule has 2 rings (SSSR count).